The van der Waals surface area contributed by atoms with Crippen molar-refractivity contribution in [2.45, 2.75) is 78.6 Å². The molecular formula is C54H52N4. The Kier molecular flexibility index (Phi) is 8.81. The average molecular weight is 757 g/mol. The molecule has 0 atom stereocenters. The zero-order chi connectivity index (χ0) is 40.6. The van der Waals surface area contributed by atoms with Crippen LogP contribution in [0.15, 0.2) is 146 Å². The van der Waals surface area contributed by atoms with Gasteiger partial charge in [0, 0.05) is 44.7 Å². The van der Waals surface area contributed by atoms with Crippen molar-refractivity contribution in [1.29, 1.82) is 0 Å². The van der Waals surface area contributed by atoms with Crippen molar-refractivity contribution in [3.05, 3.63) is 162 Å². The summed E-state index contributed by atoms with van der Waals surface area (Å²) in [5.74, 6) is 0.903. The quantitative estimate of drug-likeness (QED) is 0.190. The van der Waals surface area contributed by atoms with Crippen molar-refractivity contribution in [2.75, 3.05) is 0 Å². The standard InChI is InChI=1S/C54H52N4/c1-52(2,3)37-25-26-45-42(30-37)43-31-39(54(7,8)9)32-44(49(43)56-45)51-57-50-41(35-19-15-20-36(29-35)46-33-38(27-28-55-46)53(4,5)6)22-16-24-48(50)58(51)47-23-14-13-21-40(47)34-17-11-10-12-18-34/h10-33,56H,1-9H3. The summed E-state index contributed by atoms with van der Waals surface area (Å²) in [6.07, 6.45) is 1.93. The van der Waals surface area contributed by atoms with Crippen LogP contribution in [0.25, 0.3) is 83.4 Å². The fraction of sp³-hybridized carbons (Fsp3) is 0.222. The number of nitrogens with one attached hydrogen (secondary N) is 1. The number of rotatable bonds is 5. The lowest BCUT2D eigenvalue weighted by molar-refractivity contribution is 0.589. The van der Waals surface area contributed by atoms with E-state index < -0.39 is 0 Å². The maximum absolute atomic E-state index is 5.75. The number of H-pyrrole nitrogens is 1. The van der Waals surface area contributed by atoms with Gasteiger partial charge in [0.05, 0.1) is 27.9 Å². The molecule has 0 spiro atoms. The second-order valence-corrected chi connectivity index (χ2v) is 18.9. The Labute approximate surface area is 342 Å². The van der Waals surface area contributed by atoms with E-state index in [9.17, 15) is 0 Å². The largest absolute Gasteiger partial charge is 0.354 e. The number of aromatic amines is 1. The van der Waals surface area contributed by atoms with E-state index in [-0.39, 0.29) is 16.2 Å². The van der Waals surface area contributed by atoms with Crippen LogP contribution >= 0.6 is 0 Å². The van der Waals surface area contributed by atoms with E-state index >= 15 is 0 Å². The zero-order valence-electron chi connectivity index (χ0n) is 35.2. The number of benzene rings is 6. The number of aromatic nitrogens is 4. The summed E-state index contributed by atoms with van der Waals surface area (Å²) in [4.78, 5) is 14.5. The lowest BCUT2D eigenvalue weighted by Gasteiger charge is -2.21. The van der Waals surface area contributed by atoms with Gasteiger partial charge < -0.3 is 4.98 Å². The molecule has 0 aliphatic heterocycles. The molecule has 9 rings (SSSR count). The van der Waals surface area contributed by atoms with Crippen molar-refractivity contribution in [1.82, 2.24) is 19.5 Å². The van der Waals surface area contributed by atoms with Crippen LogP contribution in [0.1, 0.15) is 79.0 Å². The second kappa shape index (κ2) is 13.7. The van der Waals surface area contributed by atoms with Gasteiger partial charge >= 0.3 is 0 Å². The van der Waals surface area contributed by atoms with Crippen LogP contribution < -0.4 is 0 Å². The molecule has 0 unspecified atom stereocenters. The summed E-state index contributed by atoms with van der Waals surface area (Å²) in [6.45, 7) is 20.5. The van der Waals surface area contributed by atoms with Crippen LogP contribution in [0.3, 0.4) is 0 Å². The lowest BCUT2D eigenvalue weighted by Crippen LogP contribution is -2.11. The topological polar surface area (TPSA) is 46.5 Å². The normalized spacial score (nSPS) is 12.6. The molecule has 4 nitrogen and oxygen atoms in total. The minimum absolute atomic E-state index is 0.0236. The monoisotopic (exact) mass is 756 g/mol. The summed E-state index contributed by atoms with van der Waals surface area (Å²) in [5.41, 5.74) is 16.7. The lowest BCUT2D eigenvalue weighted by atomic mass is 9.84. The van der Waals surface area contributed by atoms with E-state index in [1.807, 2.05) is 6.20 Å². The third-order valence-electron chi connectivity index (χ3n) is 11.7. The molecule has 6 aromatic carbocycles. The van der Waals surface area contributed by atoms with Gasteiger partial charge in [-0.25, -0.2) is 4.98 Å². The molecule has 0 radical (unpaired) electrons. The highest BCUT2D eigenvalue weighted by Crippen LogP contribution is 2.43. The van der Waals surface area contributed by atoms with Crippen LogP contribution in [-0.4, -0.2) is 19.5 Å². The van der Waals surface area contributed by atoms with Crippen molar-refractivity contribution < 1.29 is 0 Å². The van der Waals surface area contributed by atoms with Crippen LogP contribution in [0.2, 0.25) is 0 Å². The highest BCUT2D eigenvalue weighted by Gasteiger charge is 2.26. The molecular weight excluding hydrogens is 705 g/mol. The Morgan fingerprint density at radius 1 is 0.483 bits per heavy atom. The maximum Gasteiger partial charge on any atom is 0.147 e. The second-order valence-electron chi connectivity index (χ2n) is 18.9. The van der Waals surface area contributed by atoms with E-state index in [0.717, 1.165) is 72.7 Å². The Bertz CT molecular complexity index is 2990. The smallest absolute Gasteiger partial charge is 0.147 e. The van der Waals surface area contributed by atoms with E-state index in [4.69, 9.17) is 9.97 Å². The fourth-order valence-corrected chi connectivity index (χ4v) is 8.26. The molecule has 0 saturated carbocycles. The molecule has 0 aliphatic rings. The molecule has 288 valence electrons. The SMILES string of the molecule is CC(C)(C)c1ccnc(-c2cccc(-c3cccc4c3nc(-c3cc(C(C)(C)C)cc5c3[nH]c3ccc(C(C)(C)C)cc35)n4-c3ccccc3-c3ccccc3)c2)c1. The third-order valence-corrected chi connectivity index (χ3v) is 11.7. The van der Waals surface area contributed by atoms with Gasteiger partial charge in [-0.2, -0.15) is 0 Å². The molecule has 9 aromatic rings. The van der Waals surface area contributed by atoms with Gasteiger partial charge in [-0.05, 0) is 98.7 Å². The van der Waals surface area contributed by atoms with Crippen LogP contribution in [-0.2, 0) is 16.2 Å². The molecule has 0 amide bonds. The van der Waals surface area contributed by atoms with E-state index in [1.54, 1.807) is 0 Å². The van der Waals surface area contributed by atoms with Gasteiger partial charge in [0.1, 0.15) is 5.82 Å². The first-order chi connectivity index (χ1) is 27.6. The molecule has 4 heteroatoms. The Hall–Kier alpha value is -6.26. The number of hydrogen-bond donors (Lipinski definition) is 1. The van der Waals surface area contributed by atoms with Gasteiger partial charge in [-0.3, -0.25) is 9.55 Å². The molecule has 0 fully saturated rings. The predicted octanol–water partition coefficient (Wildman–Crippen LogP) is 14.6. The van der Waals surface area contributed by atoms with Crippen molar-refractivity contribution in [3.63, 3.8) is 0 Å². The van der Waals surface area contributed by atoms with Gasteiger partial charge in [0.2, 0.25) is 0 Å². The predicted molar refractivity (Wildman–Crippen MR) is 246 cm³/mol. The molecule has 3 heterocycles. The van der Waals surface area contributed by atoms with E-state index in [2.05, 4.69) is 211 Å². The zero-order valence-corrected chi connectivity index (χ0v) is 35.2. The minimum atomic E-state index is -0.100. The van der Waals surface area contributed by atoms with Gasteiger partial charge in [0.25, 0.3) is 0 Å². The Morgan fingerprint density at radius 3 is 1.88 bits per heavy atom. The molecule has 58 heavy (non-hydrogen) atoms. The minimum Gasteiger partial charge on any atom is -0.354 e. The van der Waals surface area contributed by atoms with Crippen molar-refractivity contribution >= 4 is 32.8 Å². The van der Waals surface area contributed by atoms with Crippen LogP contribution in [0.4, 0.5) is 0 Å². The number of imidazole rings is 1. The van der Waals surface area contributed by atoms with Gasteiger partial charge in [-0.15, -0.1) is 0 Å². The Balaban J connectivity index is 1.36. The highest BCUT2D eigenvalue weighted by molar-refractivity contribution is 6.13. The number of pyridine rings is 1. The van der Waals surface area contributed by atoms with Crippen molar-refractivity contribution in [3.8, 4) is 50.6 Å². The van der Waals surface area contributed by atoms with Gasteiger partial charge in [-0.1, -0.05) is 147 Å². The summed E-state index contributed by atoms with van der Waals surface area (Å²) < 4.78 is 2.40. The molecule has 3 aromatic heterocycles. The molecule has 0 saturated heterocycles. The maximum atomic E-state index is 5.75. The highest BCUT2D eigenvalue weighted by atomic mass is 15.1. The third kappa shape index (κ3) is 6.61. The Morgan fingerprint density at radius 2 is 1.12 bits per heavy atom. The number of fused-ring (bicyclic) bond motifs is 4. The summed E-state index contributed by atoms with van der Waals surface area (Å²) in [7, 11) is 0. The number of nitrogens with zero attached hydrogens (tertiary/aromatic N) is 3. The molecule has 0 aliphatic carbocycles. The van der Waals surface area contributed by atoms with E-state index in [1.165, 1.54) is 27.5 Å². The van der Waals surface area contributed by atoms with Crippen LogP contribution in [0.5, 0.6) is 0 Å². The van der Waals surface area contributed by atoms with Crippen LogP contribution in [0, 0.1) is 0 Å². The first-order valence-electron chi connectivity index (χ1n) is 20.5. The molecule has 0 bridgehead atoms. The summed E-state index contributed by atoms with van der Waals surface area (Å²) in [5, 5.41) is 2.46. The fourth-order valence-electron chi connectivity index (χ4n) is 8.26. The first kappa shape index (κ1) is 37.3. The summed E-state index contributed by atoms with van der Waals surface area (Å²) in [6, 6.07) is 50.8. The first-order valence-corrected chi connectivity index (χ1v) is 20.5. The summed E-state index contributed by atoms with van der Waals surface area (Å²) >= 11 is 0. The van der Waals surface area contributed by atoms with Gasteiger partial charge in [0.15, 0.2) is 0 Å². The molecule has 1 N–H and O–H groups in total. The average Bonchev–Trinajstić information content (AvgIpc) is 3.78. The van der Waals surface area contributed by atoms with Crippen molar-refractivity contribution in [2.24, 2.45) is 0 Å². The number of para-hydroxylation sites is 2. The number of hydrogen-bond acceptors (Lipinski definition) is 2. The van der Waals surface area contributed by atoms with E-state index in [0.29, 0.717) is 0 Å².